The van der Waals surface area contributed by atoms with E-state index in [1.165, 1.54) is 199 Å². The summed E-state index contributed by atoms with van der Waals surface area (Å²) in [5, 5.41) is 0. The Hall–Kier alpha value is -3.41. The van der Waals surface area contributed by atoms with Crippen LogP contribution in [0.5, 0.6) is 0 Å². The van der Waals surface area contributed by atoms with E-state index in [4.69, 9.17) is 14.2 Å². The molecule has 0 aliphatic heterocycles. The molecule has 0 N–H and O–H groups in total. The zero-order chi connectivity index (χ0) is 59.2. The highest BCUT2D eigenvalue weighted by Gasteiger charge is 2.19. The Bertz CT molecular complexity index is 1550. The normalized spacial score (nSPS) is 12.6. The van der Waals surface area contributed by atoms with Gasteiger partial charge in [0.25, 0.3) is 0 Å². The van der Waals surface area contributed by atoms with Crippen molar-refractivity contribution >= 4 is 17.9 Å². The predicted octanol–water partition coefficient (Wildman–Crippen LogP) is 24.6. The fraction of sp³-hybridized carbons (Fsp3) is 0.776. The number of esters is 3. The van der Waals surface area contributed by atoms with Gasteiger partial charge in [0.15, 0.2) is 6.10 Å². The largest absolute Gasteiger partial charge is 0.462 e. The van der Waals surface area contributed by atoms with E-state index < -0.39 is 6.10 Å². The van der Waals surface area contributed by atoms with Gasteiger partial charge in [-0.25, -0.2) is 0 Å². The van der Waals surface area contributed by atoms with E-state index in [0.717, 1.165) is 122 Å². The first kappa shape index (κ1) is 78.6. The van der Waals surface area contributed by atoms with Crippen molar-refractivity contribution in [3.63, 3.8) is 0 Å². The van der Waals surface area contributed by atoms with E-state index in [-0.39, 0.29) is 37.5 Å². The lowest BCUT2D eigenvalue weighted by Crippen LogP contribution is -2.30. The van der Waals surface area contributed by atoms with Crippen LogP contribution in [-0.4, -0.2) is 37.2 Å². The second-order valence-electron chi connectivity index (χ2n) is 23.8. The maximum atomic E-state index is 12.9. The van der Waals surface area contributed by atoms with Gasteiger partial charge in [0.05, 0.1) is 0 Å². The fourth-order valence-corrected chi connectivity index (χ4v) is 10.3. The van der Waals surface area contributed by atoms with Crippen LogP contribution in [0.1, 0.15) is 361 Å². The van der Waals surface area contributed by atoms with Gasteiger partial charge in [-0.15, -0.1) is 0 Å². The molecule has 0 spiro atoms. The maximum absolute atomic E-state index is 12.9. The summed E-state index contributed by atoms with van der Waals surface area (Å²) in [6.07, 6.45) is 93.4. The Morgan fingerprint density at radius 1 is 0.256 bits per heavy atom. The van der Waals surface area contributed by atoms with Gasteiger partial charge in [0, 0.05) is 19.3 Å². The summed E-state index contributed by atoms with van der Waals surface area (Å²) in [6.45, 7) is 6.51. The second-order valence-corrected chi connectivity index (χ2v) is 23.8. The summed E-state index contributed by atoms with van der Waals surface area (Å²) in [5.41, 5.74) is 0. The molecule has 6 heteroatoms. The Balaban J connectivity index is 4.26. The molecule has 0 aromatic rings. The number of unbranched alkanes of at least 4 members (excludes halogenated alkanes) is 40. The molecule has 0 amide bonds. The van der Waals surface area contributed by atoms with Gasteiger partial charge in [0.1, 0.15) is 13.2 Å². The fourth-order valence-electron chi connectivity index (χ4n) is 10.3. The first-order valence-corrected chi connectivity index (χ1v) is 35.6. The lowest BCUT2D eigenvalue weighted by atomic mass is 10.0. The molecular weight excluding hydrogens is 1010 g/mol. The lowest BCUT2D eigenvalue weighted by molar-refractivity contribution is -0.167. The van der Waals surface area contributed by atoms with Crippen LogP contribution in [0.2, 0.25) is 0 Å². The van der Waals surface area contributed by atoms with Crippen molar-refractivity contribution in [1.29, 1.82) is 0 Å². The van der Waals surface area contributed by atoms with Crippen molar-refractivity contribution in [3.05, 3.63) is 85.1 Å². The van der Waals surface area contributed by atoms with E-state index in [1.54, 1.807) is 0 Å². The summed E-state index contributed by atoms with van der Waals surface area (Å²) in [4.78, 5) is 38.4. The molecule has 0 bridgehead atoms. The first-order chi connectivity index (χ1) is 40.5. The van der Waals surface area contributed by atoms with Crippen molar-refractivity contribution < 1.29 is 28.6 Å². The van der Waals surface area contributed by atoms with Crippen LogP contribution in [-0.2, 0) is 28.6 Å². The number of ether oxygens (including phenoxy) is 3. The Labute approximate surface area is 509 Å². The van der Waals surface area contributed by atoms with E-state index in [9.17, 15) is 14.4 Å². The predicted molar refractivity (Wildman–Crippen MR) is 358 cm³/mol. The topological polar surface area (TPSA) is 78.9 Å². The molecule has 1 atom stereocenters. The Morgan fingerprint density at radius 2 is 0.476 bits per heavy atom. The molecule has 0 rings (SSSR count). The van der Waals surface area contributed by atoms with E-state index in [2.05, 4.69) is 106 Å². The van der Waals surface area contributed by atoms with E-state index >= 15 is 0 Å². The van der Waals surface area contributed by atoms with Crippen LogP contribution < -0.4 is 0 Å². The van der Waals surface area contributed by atoms with Crippen molar-refractivity contribution in [2.75, 3.05) is 13.2 Å². The molecule has 0 fully saturated rings. The number of carbonyl (C=O) groups is 3. The van der Waals surface area contributed by atoms with Gasteiger partial charge < -0.3 is 14.2 Å². The molecule has 0 aliphatic rings. The Morgan fingerprint density at radius 3 is 0.780 bits per heavy atom. The zero-order valence-corrected chi connectivity index (χ0v) is 54.5. The van der Waals surface area contributed by atoms with Crippen LogP contribution in [0.15, 0.2) is 85.1 Å². The number of carbonyl (C=O) groups excluding carboxylic acids is 3. The molecule has 0 aliphatic carbocycles. The van der Waals surface area contributed by atoms with Crippen molar-refractivity contribution in [2.45, 2.75) is 367 Å². The molecule has 0 saturated carbocycles. The third kappa shape index (κ3) is 67.4. The molecule has 1 unspecified atom stereocenters. The summed E-state index contributed by atoms with van der Waals surface area (Å²) in [7, 11) is 0. The minimum Gasteiger partial charge on any atom is -0.462 e. The van der Waals surface area contributed by atoms with Crippen molar-refractivity contribution in [1.82, 2.24) is 0 Å². The van der Waals surface area contributed by atoms with Gasteiger partial charge in [-0.05, 0) is 96.3 Å². The summed E-state index contributed by atoms with van der Waals surface area (Å²) in [5.74, 6) is -0.922. The van der Waals surface area contributed by atoms with Gasteiger partial charge in [0.2, 0.25) is 0 Å². The molecule has 0 aromatic heterocycles. The molecule has 0 radical (unpaired) electrons. The van der Waals surface area contributed by atoms with Crippen LogP contribution in [0.3, 0.4) is 0 Å². The monoisotopic (exact) mass is 1140 g/mol. The highest BCUT2D eigenvalue weighted by atomic mass is 16.6. The highest BCUT2D eigenvalue weighted by molar-refractivity contribution is 5.71. The van der Waals surface area contributed by atoms with Gasteiger partial charge in [-0.3, -0.25) is 14.4 Å². The number of allylic oxidation sites excluding steroid dienone is 14. The molecule has 0 aromatic carbocycles. The molecule has 82 heavy (non-hydrogen) atoms. The molecular formula is C76H134O6. The second kappa shape index (κ2) is 70.1. The standard InChI is InChI=1S/C76H134O6/c1-4-7-10-13-16-19-22-25-28-30-32-33-34-35-36-37-38-39-40-41-42-44-45-48-51-54-57-60-63-66-69-75(78)81-72-73(71-80-74(77)68-65-62-59-56-53-50-47-27-24-21-18-15-12-9-6-3)82-76(79)70-67-64-61-58-55-52-49-46-43-31-29-26-23-20-17-14-11-8-5-2/h8,11,17-18,20-21,26-27,29,43,46-47,52,55,73H,4-7,9-10,12-16,19,22-25,28,30-42,44-45,48-51,53-54,56-72H2,1-3H3/b11-8-,20-17-,21-18-,29-26-,46-43-,47-27-,55-52-. The number of hydrogen-bond donors (Lipinski definition) is 0. The average Bonchev–Trinajstić information content (AvgIpc) is 3.47. The highest BCUT2D eigenvalue weighted by Crippen LogP contribution is 2.18. The van der Waals surface area contributed by atoms with Crippen LogP contribution in [0.25, 0.3) is 0 Å². The summed E-state index contributed by atoms with van der Waals surface area (Å²) >= 11 is 0. The van der Waals surface area contributed by atoms with E-state index in [0.29, 0.717) is 12.8 Å². The minimum absolute atomic E-state index is 0.0921. The van der Waals surface area contributed by atoms with Crippen LogP contribution >= 0.6 is 0 Å². The van der Waals surface area contributed by atoms with Crippen molar-refractivity contribution in [2.24, 2.45) is 0 Å². The summed E-state index contributed by atoms with van der Waals surface area (Å²) < 4.78 is 16.9. The zero-order valence-electron chi connectivity index (χ0n) is 54.5. The quantitative estimate of drug-likeness (QED) is 0.0261. The molecule has 0 saturated heterocycles. The third-order valence-corrected chi connectivity index (χ3v) is 15.6. The van der Waals surface area contributed by atoms with Crippen LogP contribution in [0, 0.1) is 0 Å². The van der Waals surface area contributed by atoms with Gasteiger partial charge in [-0.1, -0.05) is 331 Å². The third-order valence-electron chi connectivity index (χ3n) is 15.6. The maximum Gasteiger partial charge on any atom is 0.306 e. The molecule has 474 valence electrons. The minimum atomic E-state index is -0.801. The van der Waals surface area contributed by atoms with E-state index in [1.807, 2.05) is 0 Å². The van der Waals surface area contributed by atoms with Crippen LogP contribution in [0.4, 0.5) is 0 Å². The molecule has 0 heterocycles. The first-order valence-electron chi connectivity index (χ1n) is 35.6. The SMILES string of the molecule is CC/C=C\C/C=C\C/C=C\C/C=C\C/C=C\CCCCCC(=O)OC(COC(=O)CCCCCCC/C=C\C/C=C\CCCCC)COC(=O)CCCCCCCCCCCCCCCCCCCCCCCCCCCCCCCC. The average molecular weight is 1140 g/mol. The molecule has 6 nitrogen and oxygen atoms in total. The smallest absolute Gasteiger partial charge is 0.306 e. The lowest BCUT2D eigenvalue weighted by Gasteiger charge is -2.18. The Kier molecular flexibility index (Phi) is 67.2. The van der Waals surface area contributed by atoms with Gasteiger partial charge in [-0.2, -0.15) is 0 Å². The van der Waals surface area contributed by atoms with Gasteiger partial charge >= 0.3 is 17.9 Å². The number of rotatable bonds is 65. The van der Waals surface area contributed by atoms with Crippen molar-refractivity contribution in [3.8, 4) is 0 Å². The number of hydrogen-bond acceptors (Lipinski definition) is 6. The summed E-state index contributed by atoms with van der Waals surface area (Å²) in [6, 6.07) is 0.